The van der Waals surface area contributed by atoms with E-state index in [4.69, 9.17) is 21.1 Å². The van der Waals surface area contributed by atoms with Gasteiger partial charge in [-0.2, -0.15) is 0 Å². The summed E-state index contributed by atoms with van der Waals surface area (Å²) in [4.78, 5) is 44.5. The number of anilines is 2. The molecule has 2 aromatic carbocycles. The lowest BCUT2D eigenvalue weighted by Gasteiger charge is -2.36. The first kappa shape index (κ1) is 18.5. The molecule has 4 atom stereocenters. The Balaban J connectivity index is 1.41. The van der Waals surface area contributed by atoms with Crippen LogP contribution in [0.3, 0.4) is 0 Å². The predicted octanol–water partition coefficient (Wildman–Crippen LogP) is 2.50. The van der Waals surface area contributed by atoms with Crippen LogP contribution in [0.2, 0.25) is 5.02 Å². The van der Waals surface area contributed by atoms with Gasteiger partial charge in [-0.1, -0.05) is 11.6 Å². The zero-order valence-corrected chi connectivity index (χ0v) is 17.6. The third kappa shape index (κ3) is 2.00. The maximum atomic E-state index is 13.9. The molecule has 7 rings (SSSR count). The van der Waals surface area contributed by atoms with Crippen LogP contribution in [0.15, 0.2) is 36.4 Å². The number of fused-ring (bicyclic) bond motifs is 8. The Morgan fingerprint density at radius 3 is 2.75 bits per heavy atom. The zero-order valence-electron chi connectivity index (χ0n) is 16.8. The van der Waals surface area contributed by atoms with Crippen LogP contribution in [0.25, 0.3) is 0 Å². The van der Waals surface area contributed by atoms with Gasteiger partial charge in [0.25, 0.3) is 0 Å². The zero-order chi connectivity index (χ0) is 21.8. The standard InChI is InChI=1S/C23H18ClN3O5/c24-11-3-5-14-13(8-11)23(22(30)25-14)19-18(15-2-1-7-26(15)23)20(28)27(21(19)29)12-4-6-16-17(9-12)32-10-31-16/h3-6,8-9,15,18-19H,1-2,7,10H2,(H,25,30). The lowest BCUT2D eigenvalue weighted by atomic mass is 9.75. The Morgan fingerprint density at radius 1 is 1.03 bits per heavy atom. The Morgan fingerprint density at radius 2 is 1.88 bits per heavy atom. The molecule has 1 spiro atoms. The molecule has 0 radical (unpaired) electrons. The summed E-state index contributed by atoms with van der Waals surface area (Å²) in [5.41, 5.74) is 0.530. The molecular formula is C23H18ClN3O5. The molecule has 3 amide bonds. The number of halogens is 1. The topological polar surface area (TPSA) is 88.2 Å². The third-order valence-electron chi connectivity index (χ3n) is 7.57. The minimum atomic E-state index is -1.23. The van der Waals surface area contributed by atoms with Crippen molar-refractivity contribution in [2.75, 3.05) is 23.6 Å². The van der Waals surface area contributed by atoms with E-state index in [2.05, 4.69) is 10.2 Å². The third-order valence-corrected chi connectivity index (χ3v) is 7.80. The number of amides is 3. The number of nitrogens with zero attached hydrogens (tertiary/aromatic N) is 2. The highest BCUT2D eigenvalue weighted by atomic mass is 35.5. The van der Waals surface area contributed by atoms with Crippen LogP contribution < -0.4 is 19.7 Å². The van der Waals surface area contributed by atoms with Crippen LogP contribution in [-0.2, 0) is 19.9 Å². The van der Waals surface area contributed by atoms with E-state index in [-0.39, 0.29) is 30.6 Å². The Bertz CT molecular complexity index is 1250. The summed E-state index contributed by atoms with van der Waals surface area (Å²) in [5, 5.41) is 3.44. The first-order valence-electron chi connectivity index (χ1n) is 10.7. The lowest BCUT2D eigenvalue weighted by molar-refractivity contribution is -0.135. The number of rotatable bonds is 1. The number of hydrogen-bond donors (Lipinski definition) is 1. The largest absolute Gasteiger partial charge is 0.454 e. The molecule has 162 valence electrons. The fourth-order valence-electron chi connectivity index (χ4n) is 6.45. The molecule has 5 aliphatic heterocycles. The highest BCUT2D eigenvalue weighted by Gasteiger charge is 2.74. The number of ether oxygens (including phenoxy) is 2. The molecule has 9 heteroatoms. The monoisotopic (exact) mass is 451 g/mol. The van der Waals surface area contributed by atoms with Gasteiger partial charge in [0.05, 0.1) is 17.5 Å². The summed E-state index contributed by atoms with van der Waals surface area (Å²) < 4.78 is 10.8. The fraction of sp³-hybridized carbons (Fsp3) is 0.348. The SMILES string of the molecule is O=C1C2C3CCCN3C3(C(=O)Nc4ccc(Cl)cc43)C2C(=O)N1c1ccc2c(c1)OCO2. The number of carbonyl (C=O) groups excluding carboxylic acids is 3. The number of carbonyl (C=O) groups is 3. The lowest BCUT2D eigenvalue weighted by Crippen LogP contribution is -2.54. The second kappa shape index (κ2) is 6.02. The summed E-state index contributed by atoms with van der Waals surface area (Å²) in [6.45, 7) is 0.755. The van der Waals surface area contributed by atoms with Crippen LogP contribution in [0.5, 0.6) is 11.5 Å². The normalized spacial score (nSPS) is 32.0. The number of benzene rings is 2. The van der Waals surface area contributed by atoms with Crippen LogP contribution in [0, 0.1) is 11.8 Å². The van der Waals surface area contributed by atoms with E-state index in [9.17, 15) is 14.4 Å². The van der Waals surface area contributed by atoms with Crippen molar-refractivity contribution in [2.45, 2.75) is 24.4 Å². The molecular weight excluding hydrogens is 434 g/mol. The Labute approximate surface area is 188 Å². The second-order valence-electron chi connectivity index (χ2n) is 8.87. The molecule has 0 saturated carbocycles. The smallest absolute Gasteiger partial charge is 0.250 e. The molecule has 4 unspecified atom stereocenters. The molecule has 0 aliphatic carbocycles. The van der Waals surface area contributed by atoms with Crippen molar-refractivity contribution >= 4 is 40.7 Å². The Hall–Kier alpha value is -3.10. The van der Waals surface area contributed by atoms with Gasteiger partial charge in [-0.05, 0) is 49.7 Å². The number of imide groups is 1. The molecule has 0 aromatic heterocycles. The van der Waals surface area contributed by atoms with Crippen LogP contribution in [-0.4, -0.2) is 42.0 Å². The Kier molecular flexibility index (Phi) is 3.48. The summed E-state index contributed by atoms with van der Waals surface area (Å²) in [5.74, 6) is -1.23. The van der Waals surface area contributed by atoms with Gasteiger partial charge >= 0.3 is 0 Å². The maximum Gasteiger partial charge on any atom is 0.250 e. The quantitative estimate of drug-likeness (QED) is 0.670. The van der Waals surface area contributed by atoms with Gasteiger partial charge < -0.3 is 14.8 Å². The van der Waals surface area contributed by atoms with Crippen LogP contribution in [0.4, 0.5) is 11.4 Å². The van der Waals surface area contributed by atoms with E-state index in [0.717, 1.165) is 12.8 Å². The molecule has 32 heavy (non-hydrogen) atoms. The molecule has 3 fully saturated rings. The highest BCUT2D eigenvalue weighted by molar-refractivity contribution is 6.31. The van der Waals surface area contributed by atoms with E-state index in [1.54, 1.807) is 36.4 Å². The molecule has 2 aromatic rings. The first-order valence-corrected chi connectivity index (χ1v) is 11.1. The average Bonchev–Trinajstić information content (AvgIpc) is 3.55. The fourth-order valence-corrected chi connectivity index (χ4v) is 6.63. The maximum absolute atomic E-state index is 13.9. The summed E-state index contributed by atoms with van der Waals surface area (Å²) in [6, 6.07) is 10.1. The van der Waals surface area contributed by atoms with Crippen molar-refractivity contribution in [3.63, 3.8) is 0 Å². The van der Waals surface area contributed by atoms with Crippen molar-refractivity contribution in [1.29, 1.82) is 0 Å². The minimum Gasteiger partial charge on any atom is -0.454 e. The van der Waals surface area contributed by atoms with E-state index in [1.807, 2.05) is 0 Å². The average molecular weight is 452 g/mol. The second-order valence-corrected chi connectivity index (χ2v) is 9.30. The molecule has 8 nitrogen and oxygen atoms in total. The van der Waals surface area contributed by atoms with Gasteiger partial charge in [0.2, 0.25) is 24.5 Å². The minimum absolute atomic E-state index is 0.101. The van der Waals surface area contributed by atoms with E-state index >= 15 is 0 Å². The molecule has 3 saturated heterocycles. The summed E-state index contributed by atoms with van der Waals surface area (Å²) >= 11 is 6.32. The van der Waals surface area contributed by atoms with Crippen molar-refractivity contribution in [1.82, 2.24) is 4.90 Å². The molecule has 5 aliphatic rings. The van der Waals surface area contributed by atoms with Gasteiger partial charge in [-0.3, -0.25) is 19.3 Å². The predicted molar refractivity (Wildman–Crippen MR) is 114 cm³/mol. The van der Waals surface area contributed by atoms with Crippen LogP contribution in [0.1, 0.15) is 18.4 Å². The number of hydrogen-bond acceptors (Lipinski definition) is 6. The summed E-state index contributed by atoms with van der Waals surface area (Å²) in [7, 11) is 0. The highest BCUT2D eigenvalue weighted by Crippen LogP contribution is 2.61. The van der Waals surface area contributed by atoms with Gasteiger partial charge in [0.1, 0.15) is 5.54 Å². The van der Waals surface area contributed by atoms with E-state index in [1.165, 1.54) is 4.90 Å². The summed E-state index contributed by atoms with van der Waals surface area (Å²) in [6.07, 6.45) is 1.63. The molecule has 1 N–H and O–H groups in total. The van der Waals surface area contributed by atoms with Gasteiger partial charge in [-0.25, -0.2) is 4.90 Å². The van der Waals surface area contributed by atoms with Gasteiger partial charge in [-0.15, -0.1) is 0 Å². The van der Waals surface area contributed by atoms with Crippen molar-refractivity contribution < 1.29 is 23.9 Å². The number of nitrogens with one attached hydrogen (secondary N) is 1. The van der Waals surface area contributed by atoms with Gasteiger partial charge in [0, 0.05) is 28.4 Å². The van der Waals surface area contributed by atoms with E-state index in [0.29, 0.717) is 40.0 Å². The van der Waals surface area contributed by atoms with Crippen molar-refractivity contribution in [3.05, 3.63) is 47.0 Å². The van der Waals surface area contributed by atoms with Crippen molar-refractivity contribution in [2.24, 2.45) is 11.8 Å². The molecule has 0 bridgehead atoms. The first-order chi connectivity index (χ1) is 15.5. The van der Waals surface area contributed by atoms with E-state index < -0.39 is 17.4 Å². The van der Waals surface area contributed by atoms with Crippen molar-refractivity contribution in [3.8, 4) is 11.5 Å². The van der Waals surface area contributed by atoms with Gasteiger partial charge in [0.15, 0.2) is 11.5 Å². The molecule has 5 heterocycles. The van der Waals surface area contributed by atoms with Crippen LogP contribution >= 0.6 is 11.6 Å².